The predicted octanol–water partition coefficient (Wildman–Crippen LogP) is 2.30. The minimum atomic E-state index is -4.37. The minimum absolute atomic E-state index is 0.132. The van der Waals surface area contributed by atoms with E-state index in [1.807, 2.05) is 0 Å². The summed E-state index contributed by atoms with van der Waals surface area (Å²) in [5.41, 5.74) is 4.87. The number of carbonyl (C=O) groups excluding carboxylic acids is 1. The lowest BCUT2D eigenvalue weighted by atomic mass is 9.84. The molecule has 0 radical (unpaired) electrons. The van der Waals surface area contributed by atoms with Crippen LogP contribution in [0.25, 0.3) is 0 Å². The summed E-state index contributed by atoms with van der Waals surface area (Å²) in [5, 5.41) is 0. The van der Waals surface area contributed by atoms with E-state index in [0.29, 0.717) is 12.8 Å². The summed E-state index contributed by atoms with van der Waals surface area (Å²) in [6.45, 7) is 2.14. The van der Waals surface area contributed by atoms with Gasteiger partial charge in [-0.15, -0.1) is 0 Å². The van der Waals surface area contributed by atoms with Gasteiger partial charge in [0.1, 0.15) is 6.54 Å². The summed E-state index contributed by atoms with van der Waals surface area (Å²) < 4.78 is 37.6. The third-order valence-corrected chi connectivity index (χ3v) is 3.64. The number of halogens is 3. The quantitative estimate of drug-likeness (QED) is 0.848. The highest BCUT2D eigenvalue weighted by Crippen LogP contribution is 2.39. The topological polar surface area (TPSA) is 46.3 Å². The van der Waals surface area contributed by atoms with Crippen molar-refractivity contribution in [3.05, 3.63) is 0 Å². The van der Waals surface area contributed by atoms with Crippen LogP contribution in [0.3, 0.4) is 0 Å². The average molecular weight is 266 g/mol. The van der Waals surface area contributed by atoms with Crippen LogP contribution in [-0.2, 0) is 4.79 Å². The predicted molar refractivity (Wildman–Crippen MR) is 62.9 cm³/mol. The van der Waals surface area contributed by atoms with Gasteiger partial charge in [0.05, 0.1) is 5.41 Å². The molecular weight excluding hydrogens is 245 g/mol. The zero-order valence-electron chi connectivity index (χ0n) is 10.9. The fourth-order valence-electron chi connectivity index (χ4n) is 2.54. The van der Waals surface area contributed by atoms with Crippen LogP contribution in [-0.4, -0.2) is 36.1 Å². The van der Waals surface area contributed by atoms with Crippen LogP contribution in [0, 0.1) is 5.41 Å². The highest BCUT2D eigenvalue weighted by atomic mass is 19.4. The maximum atomic E-state index is 12.5. The van der Waals surface area contributed by atoms with Crippen molar-refractivity contribution in [1.29, 1.82) is 0 Å². The van der Waals surface area contributed by atoms with E-state index in [-0.39, 0.29) is 6.54 Å². The summed E-state index contributed by atoms with van der Waals surface area (Å²) in [6, 6.07) is -0.469. The fraction of sp³-hybridized carbons (Fsp3) is 0.917. The average Bonchev–Trinajstić information content (AvgIpc) is 2.73. The van der Waals surface area contributed by atoms with Crippen molar-refractivity contribution in [2.24, 2.45) is 11.1 Å². The van der Waals surface area contributed by atoms with Gasteiger partial charge in [0.2, 0.25) is 5.91 Å². The number of nitrogens with zero attached hydrogens (tertiary/aromatic N) is 1. The standard InChI is InChI=1S/C12H21F3N2O/c1-9(2)17(8-12(13,14)15)10(18)11(7-16)5-3-4-6-11/h9H,3-8,16H2,1-2H3. The van der Waals surface area contributed by atoms with Crippen molar-refractivity contribution in [1.82, 2.24) is 4.90 Å². The molecule has 1 fully saturated rings. The first-order chi connectivity index (χ1) is 8.22. The molecule has 1 aliphatic rings. The van der Waals surface area contributed by atoms with Crippen LogP contribution < -0.4 is 5.73 Å². The molecule has 0 aliphatic heterocycles. The van der Waals surface area contributed by atoms with Crippen molar-refractivity contribution in [3.8, 4) is 0 Å². The van der Waals surface area contributed by atoms with Crippen molar-refractivity contribution in [3.63, 3.8) is 0 Å². The lowest BCUT2D eigenvalue weighted by Gasteiger charge is -2.36. The second-order valence-electron chi connectivity index (χ2n) is 5.33. The lowest BCUT2D eigenvalue weighted by molar-refractivity contribution is -0.170. The third kappa shape index (κ3) is 3.37. The molecule has 0 aromatic carbocycles. The number of carbonyl (C=O) groups is 1. The molecule has 0 saturated heterocycles. The van der Waals surface area contributed by atoms with E-state index in [9.17, 15) is 18.0 Å². The van der Waals surface area contributed by atoms with Crippen molar-refractivity contribution >= 4 is 5.91 Å². The molecule has 0 spiro atoms. The molecule has 1 saturated carbocycles. The van der Waals surface area contributed by atoms with Crippen molar-refractivity contribution < 1.29 is 18.0 Å². The molecule has 106 valence electrons. The Kier molecular flexibility index (Phi) is 4.64. The molecular formula is C12H21F3N2O. The number of hydrogen-bond acceptors (Lipinski definition) is 2. The van der Waals surface area contributed by atoms with Crippen LogP contribution in [0.2, 0.25) is 0 Å². The van der Waals surface area contributed by atoms with Crippen LogP contribution in [0.5, 0.6) is 0 Å². The number of alkyl halides is 3. The molecule has 3 nitrogen and oxygen atoms in total. The highest BCUT2D eigenvalue weighted by Gasteiger charge is 2.45. The lowest BCUT2D eigenvalue weighted by Crippen LogP contribution is -2.52. The molecule has 2 N–H and O–H groups in total. The molecule has 0 atom stereocenters. The summed E-state index contributed by atoms with van der Waals surface area (Å²) in [6.07, 6.45) is -1.44. The van der Waals surface area contributed by atoms with Gasteiger partial charge in [-0.3, -0.25) is 4.79 Å². The van der Waals surface area contributed by atoms with Gasteiger partial charge in [-0.2, -0.15) is 13.2 Å². The Labute approximate surface area is 106 Å². The van der Waals surface area contributed by atoms with E-state index < -0.39 is 30.1 Å². The van der Waals surface area contributed by atoms with E-state index in [1.54, 1.807) is 13.8 Å². The van der Waals surface area contributed by atoms with Crippen LogP contribution in [0.4, 0.5) is 13.2 Å². The smallest absolute Gasteiger partial charge is 0.331 e. The van der Waals surface area contributed by atoms with Gasteiger partial charge < -0.3 is 10.6 Å². The van der Waals surface area contributed by atoms with Crippen LogP contribution in [0.15, 0.2) is 0 Å². The monoisotopic (exact) mass is 266 g/mol. The molecule has 0 unspecified atom stereocenters. The Morgan fingerprint density at radius 3 is 2.17 bits per heavy atom. The van der Waals surface area contributed by atoms with E-state index >= 15 is 0 Å². The number of amides is 1. The summed E-state index contributed by atoms with van der Waals surface area (Å²) in [7, 11) is 0. The fourth-order valence-corrected chi connectivity index (χ4v) is 2.54. The van der Waals surface area contributed by atoms with Crippen LogP contribution in [0.1, 0.15) is 39.5 Å². The molecule has 0 bridgehead atoms. The van der Waals surface area contributed by atoms with Gasteiger partial charge in [0.15, 0.2) is 0 Å². The molecule has 6 heteroatoms. The third-order valence-electron chi connectivity index (χ3n) is 3.64. The van der Waals surface area contributed by atoms with Gasteiger partial charge in [-0.1, -0.05) is 12.8 Å². The second kappa shape index (κ2) is 5.47. The van der Waals surface area contributed by atoms with E-state index in [4.69, 9.17) is 5.73 Å². The van der Waals surface area contributed by atoms with E-state index in [2.05, 4.69) is 0 Å². The first kappa shape index (κ1) is 15.3. The molecule has 0 aromatic rings. The maximum absolute atomic E-state index is 12.5. The molecule has 1 rings (SSSR count). The maximum Gasteiger partial charge on any atom is 0.406 e. The molecule has 1 aliphatic carbocycles. The zero-order chi connectivity index (χ0) is 14.0. The molecule has 0 aromatic heterocycles. The molecule has 1 amide bonds. The van der Waals surface area contributed by atoms with Crippen LogP contribution >= 0.6 is 0 Å². The minimum Gasteiger partial charge on any atom is -0.331 e. The Balaban J connectivity index is 2.88. The van der Waals surface area contributed by atoms with Gasteiger partial charge in [-0.05, 0) is 26.7 Å². The number of nitrogens with two attached hydrogens (primary N) is 1. The molecule has 18 heavy (non-hydrogen) atoms. The zero-order valence-corrected chi connectivity index (χ0v) is 10.9. The number of hydrogen-bond donors (Lipinski definition) is 1. The van der Waals surface area contributed by atoms with Crippen molar-refractivity contribution in [2.75, 3.05) is 13.1 Å². The first-order valence-electron chi connectivity index (χ1n) is 6.30. The first-order valence-corrected chi connectivity index (χ1v) is 6.30. The van der Waals surface area contributed by atoms with Crippen molar-refractivity contribution in [2.45, 2.75) is 51.7 Å². The normalized spacial score (nSPS) is 19.3. The molecule has 0 heterocycles. The Bertz CT molecular complexity index is 296. The van der Waals surface area contributed by atoms with Gasteiger partial charge in [0, 0.05) is 12.6 Å². The Hall–Kier alpha value is -0.780. The SMILES string of the molecule is CC(C)N(CC(F)(F)F)C(=O)C1(CN)CCCC1. The Morgan fingerprint density at radius 2 is 1.83 bits per heavy atom. The van der Waals surface area contributed by atoms with E-state index in [1.165, 1.54) is 0 Å². The largest absolute Gasteiger partial charge is 0.406 e. The second-order valence-corrected chi connectivity index (χ2v) is 5.33. The van der Waals surface area contributed by atoms with Gasteiger partial charge in [0.25, 0.3) is 0 Å². The summed E-state index contributed by atoms with van der Waals surface area (Å²) in [4.78, 5) is 13.3. The Morgan fingerprint density at radius 1 is 1.33 bits per heavy atom. The number of rotatable bonds is 4. The summed E-state index contributed by atoms with van der Waals surface area (Å²) >= 11 is 0. The van der Waals surface area contributed by atoms with E-state index in [0.717, 1.165) is 17.7 Å². The highest BCUT2D eigenvalue weighted by molar-refractivity contribution is 5.83. The van der Waals surface area contributed by atoms with Gasteiger partial charge in [-0.25, -0.2) is 0 Å². The summed E-state index contributed by atoms with van der Waals surface area (Å²) in [5.74, 6) is -0.435. The van der Waals surface area contributed by atoms with Gasteiger partial charge >= 0.3 is 6.18 Å².